The molecule has 0 saturated carbocycles. The fourth-order valence-electron chi connectivity index (χ4n) is 1.67. The molecule has 0 radical (unpaired) electrons. The molecular formula is C14H21NO2S. The molecule has 0 aliphatic carbocycles. The minimum Gasteiger partial charge on any atom is -0.465 e. The minimum absolute atomic E-state index is 0.175. The molecule has 0 heterocycles. The molecule has 1 aromatic rings. The average Bonchev–Trinajstić information content (AvgIpc) is 2.38. The average molecular weight is 267 g/mol. The molecule has 0 atom stereocenters. The number of esters is 1. The molecule has 0 bridgehead atoms. The smallest absolute Gasteiger partial charge is 0.325 e. The van der Waals surface area contributed by atoms with Gasteiger partial charge < -0.3 is 9.64 Å². The predicted octanol–water partition coefficient (Wildman–Crippen LogP) is 3.19. The van der Waals surface area contributed by atoms with Crippen molar-refractivity contribution in [3.63, 3.8) is 0 Å². The SMILES string of the molecule is CCOC(=O)CN(CC)c1ccc(SCC)cc1. The van der Waals surface area contributed by atoms with E-state index in [1.54, 1.807) is 0 Å². The number of ether oxygens (including phenoxy) is 1. The molecule has 100 valence electrons. The minimum atomic E-state index is -0.175. The van der Waals surface area contributed by atoms with Gasteiger partial charge in [0.25, 0.3) is 0 Å². The van der Waals surface area contributed by atoms with E-state index in [0.717, 1.165) is 18.0 Å². The number of carbonyl (C=O) groups is 1. The molecule has 0 fully saturated rings. The third kappa shape index (κ3) is 4.61. The van der Waals surface area contributed by atoms with Gasteiger partial charge >= 0.3 is 5.97 Å². The zero-order chi connectivity index (χ0) is 13.4. The maximum atomic E-state index is 11.5. The van der Waals surface area contributed by atoms with Crippen molar-refractivity contribution >= 4 is 23.4 Å². The molecule has 3 nitrogen and oxygen atoms in total. The van der Waals surface area contributed by atoms with Crippen molar-refractivity contribution in [1.82, 2.24) is 0 Å². The van der Waals surface area contributed by atoms with Crippen LogP contribution < -0.4 is 4.90 Å². The van der Waals surface area contributed by atoms with Gasteiger partial charge in [-0.2, -0.15) is 0 Å². The molecule has 0 aliphatic rings. The van der Waals surface area contributed by atoms with Gasteiger partial charge in [0.15, 0.2) is 0 Å². The van der Waals surface area contributed by atoms with E-state index in [1.807, 2.05) is 30.5 Å². The predicted molar refractivity (Wildman–Crippen MR) is 77.4 cm³/mol. The normalized spacial score (nSPS) is 10.2. The molecule has 0 aromatic heterocycles. The van der Waals surface area contributed by atoms with Gasteiger partial charge in [-0.3, -0.25) is 4.79 Å². The van der Waals surface area contributed by atoms with Crippen LogP contribution in [0.3, 0.4) is 0 Å². The first kappa shape index (κ1) is 14.9. The lowest BCUT2D eigenvalue weighted by molar-refractivity contribution is -0.141. The lowest BCUT2D eigenvalue weighted by Crippen LogP contribution is -2.30. The van der Waals surface area contributed by atoms with Crippen LogP contribution in [0.1, 0.15) is 20.8 Å². The molecule has 1 aromatic carbocycles. The van der Waals surface area contributed by atoms with Gasteiger partial charge in [-0.15, -0.1) is 11.8 Å². The quantitative estimate of drug-likeness (QED) is 0.560. The van der Waals surface area contributed by atoms with Crippen molar-refractivity contribution in [2.45, 2.75) is 25.7 Å². The maximum Gasteiger partial charge on any atom is 0.325 e. The molecule has 0 saturated heterocycles. The third-order valence-corrected chi connectivity index (χ3v) is 3.41. The van der Waals surface area contributed by atoms with Gasteiger partial charge in [0.1, 0.15) is 6.54 Å². The van der Waals surface area contributed by atoms with Gasteiger partial charge in [0, 0.05) is 17.1 Å². The molecule has 0 amide bonds. The van der Waals surface area contributed by atoms with Crippen molar-refractivity contribution in [2.75, 3.05) is 30.3 Å². The van der Waals surface area contributed by atoms with E-state index in [-0.39, 0.29) is 5.97 Å². The lowest BCUT2D eigenvalue weighted by atomic mass is 10.3. The number of nitrogens with zero attached hydrogens (tertiary/aromatic N) is 1. The molecule has 18 heavy (non-hydrogen) atoms. The first-order valence-electron chi connectivity index (χ1n) is 6.34. The second-order valence-electron chi connectivity index (χ2n) is 3.75. The summed E-state index contributed by atoms with van der Waals surface area (Å²) in [5, 5.41) is 0. The summed E-state index contributed by atoms with van der Waals surface area (Å²) in [5.41, 5.74) is 1.06. The Morgan fingerprint density at radius 3 is 2.39 bits per heavy atom. The first-order valence-corrected chi connectivity index (χ1v) is 7.33. The Kier molecular flexibility index (Phi) is 6.65. The molecule has 4 heteroatoms. The number of rotatable bonds is 7. The van der Waals surface area contributed by atoms with Gasteiger partial charge in [-0.05, 0) is 43.9 Å². The number of benzene rings is 1. The molecule has 0 aliphatic heterocycles. The summed E-state index contributed by atoms with van der Waals surface area (Å²) in [6.45, 7) is 7.53. The summed E-state index contributed by atoms with van der Waals surface area (Å²) >= 11 is 1.82. The zero-order valence-corrected chi connectivity index (χ0v) is 12.1. The van der Waals surface area contributed by atoms with Crippen molar-refractivity contribution < 1.29 is 9.53 Å². The zero-order valence-electron chi connectivity index (χ0n) is 11.3. The molecule has 0 unspecified atom stereocenters. The fourth-order valence-corrected chi connectivity index (χ4v) is 2.33. The van der Waals surface area contributed by atoms with Crippen LogP contribution in [0.15, 0.2) is 29.2 Å². The Balaban J connectivity index is 2.66. The maximum absolute atomic E-state index is 11.5. The number of hydrogen-bond acceptors (Lipinski definition) is 4. The standard InChI is InChI=1S/C14H21NO2S/c1-4-15(11-14(16)17-5-2)12-7-9-13(10-8-12)18-6-3/h7-10H,4-6,11H2,1-3H3. The summed E-state index contributed by atoms with van der Waals surface area (Å²) in [6.07, 6.45) is 0. The number of carbonyl (C=O) groups excluding carboxylic acids is 1. The van der Waals surface area contributed by atoms with Crippen LogP contribution >= 0.6 is 11.8 Å². The van der Waals surface area contributed by atoms with Crippen LogP contribution in [0.4, 0.5) is 5.69 Å². The van der Waals surface area contributed by atoms with E-state index >= 15 is 0 Å². The molecule has 0 N–H and O–H groups in total. The van der Waals surface area contributed by atoms with Gasteiger partial charge in [-0.25, -0.2) is 0 Å². The number of anilines is 1. The van der Waals surface area contributed by atoms with E-state index in [0.29, 0.717) is 13.2 Å². The third-order valence-electron chi connectivity index (χ3n) is 2.52. The number of hydrogen-bond donors (Lipinski definition) is 0. The molecule has 0 spiro atoms. The van der Waals surface area contributed by atoms with E-state index in [4.69, 9.17) is 4.74 Å². The Hall–Kier alpha value is -1.16. The largest absolute Gasteiger partial charge is 0.465 e. The van der Waals surface area contributed by atoms with E-state index in [9.17, 15) is 4.79 Å². The second kappa shape index (κ2) is 8.03. The second-order valence-corrected chi connectivity index (χ2v) is 5.08. The lowest BCUT2D eigenvalue weighted by Gasteiger charge is -2.22. The Morgan fingerprint density at radius 1 is 1.22 bits per heavy atom. The monoisotopic (exact) mass is 267 g/mol. The highest BCUT2D eigenvalue weighted by atomic mass is 32.2. The van der Waals surface area contributed by atoms with E-state index in [1.165, 1.54) is 4.90 Å². The molecular weight excluding hydrogens is 246 g/mol. The summed E-state index contributed by atoms with van der Waals surface area (Å²) < 4.78 is 4.97. The van der Waals surface area contributed by atoms with Crippen LogP contribution in [-0.2, 0) is 9.53 Å². The van der Waals surface area contributed by atoms with Gasteiger partial charge in [0.05, 0.1) is 6.61 Å². The summed E-state index contributed by atoms with van der Waals surface area (Å²) in [4.78, 5) is 14.8. The van der Waals surface area contributed by atoms with E-state index < -0.39 is 0 Å². The highest BCUT2D eigenvalue weighted by Crippen LogP contribution is 2.22. The highest BCUT2D eigenvalue weighted by Gasteiger charge is 2.10. The van der Waals surface area contributed by atoms with Crippen molar-refractivity contribution in [2.24, 2.45) is 0 Å². The summed E-state index contributed by atoms with van der Waals surface area (Å²) in [6, 6.07) is 8.30. The first-order chi connectivity index (χ1) is 8.71. The Morgan fingerprint density at radius 2 is 1.89 bits per heavy atom. The van der Waals surface area contributed by atoms with E-state index in [2.05, 4.69) is 31.2 Å². The van der Waals surface area contributed by atoms with Crippen LogP contribution in [0.25, 0.3) is 0 Å². The number of likely N-dealkylation sites (N-methyl/N-ethyl adjacent to an activating group) is 1. The Labute approximate surface area is 114 Å². The highest BCUT2D eigenvalue weighted by molar-refractivity contribution is 7.99. The van der Waals surface area contributed by atoms with Gasteiger partial charge in [-0.1, -0.05) is 6.92 Å². The fraction of sp³-hybridized carbons (Fsp3) is 0.500. The number of thioether (sulfide) groups is 1. The van der Waals surface area contributed by atoms with Crippen molar-refractivity contribution in [1.29, 1.82) is 0 Å². The van der Waals surface area contributed by atoms with Crippen LogP contribution in [0, 0.1) is 0 Å². The van der Waals surface area contributed by atoms with Crippen LogP contribution in [-0.4, -0.2) is 31.4 Å². The van der Waals surface area contributed by atoms with Crippen LogP contribution in [0.2, 0.25) is 0 Å². The van der Waals surface area contributed by atoms with Crippen molar-refractivity contribution in [3.05, 3.63) is 24.3 Å². The molecule has 1 rings (SSSR count). The Bertz CT molecular complexity index is 365. The van der Waals surface area contributed by atoms with Crippen molar-refractivity contribution in [3.8, 4) is 0 Å². The summed E-state index contributed by atoms with van der Waals surface area (Å²) in [5.74, 6) is 0.894. The summed E-state index contributed by atoms with van der Waals surface area (Å²) in [7, 11) is 0. The van der Waals surface area contributed by atoms with Crippen LogP contribution in [0.5, 0.6) is 0 Å². The topological polar surface area (TPSA) is 29.5 Å². The van der Waals surface area contributed by atoms with Gasteiger partial charge in [0.2, 0.25) is 0 Å².